The fraction of sp³-hybridized carbons (Fsp3) is 0.222. The summed E-state index contributed by atoms with van der Waals surface area (Å²) in [6.07, 6.45) is -1.22. The molecule has 0 radical (unpaired) electrons. The van der Waals surface area contributed by atoms with Crippen molar-refractivity contribution in [3.05, 3.63) is 29.8 Å². The second-order valence-corrected chi connectivity index (χ2v) is 2.65. The second kappa shape index (κ2) is 4.04. The minimum atomic E-state index is -1.24. The van der Waals surface area contributed by atoms with Crippen LogP contribution in [-0.4, -0.2) is 17.2 Å². The fourth-order valence-electron chi connectivity index (χ4n) is 0.816. The molecule has 0 saturated carbocycles. The Morgan fingerprint density at radius 1 is 1.50 bits per heavy atom. The van der Waals surface area contributed by atoms with Gasteiger partial charge in [-0.25, -0.2) is 9.18 Å². The van der Waals surface area contributed by atoms with E-state index >= 15 is 0 Å². The molecule has 1 aromatic carbocycles. The number of aliphatic carboxylic acids is 1. The van der Waals surface area contributed by atoms with Gasteiger partial charge in [-0.3, -0.25) is 0 Å². The molecule has 0 bridgehead atoms. The summed E-state index contributed by atoms with van der Waals surface area (Å²) in [6.45, 7) is 1.23. The minimum absolute atomic E-state index is 0.403. The standard InChI is InChI=1S/C9H8F2O3/c1-5(9(12)13)14-7-4-2-3-6(10)8(7)11/h2-5H,1H3,(H,12,13)/t5-/m1/s1. The van der Waals surface area contributed by atoms with Gasteiger partial charge < -0.3 is 9.84 Å². The molecule has 0 aliphatic carbocycles. The van der Waals surface area contributed by atoms with Gasteiger partial charge in [0.25, 0.3) is 0 Å². The zero-order valence-electron chi connectivity index (χ0n) is 7.33. The van der Waals surface area contributed by atoms with E-state index < -0.39 is 29.5 Å². The van der Waals surface area contributed by atoms with Gasteiger partial charge in [0.1, 0.15) is 0 Å². The predicted octanol–water partition coefficient (Wildman–Crippen LogP) is 1.82. The molecule has 3 nitrogen and oxygen atoms in total. The number of rotatable bonds is 3. The normalized spacial score (nSPS) is 12.2. The smallest absolute Gasteiger partial charge is 0.344 e. The van der Waals surface area contributed by atoms with Gasteiger partial charge >= 0.3 is 5.97 Å². The Bertz CT molecular complexity index is 352. The number of hydrogen-bond acceptors (Lipinski definition) is 2. The molecule has 0 fully saturated rings. The summed E-state index contributed by atoms with van der Waals surface area (Å²) in [4.78, 5) is 10.4. The van der Waals surface area contributed by atoms with E-state index in [2.05, 4.69) is 4.74 Å². The average Bonchev–Trinajstić information content (AvgIpc) is 2.12. The van der Waals surface area contributed by atoms with Crippen LogP contribution in [0.4, 0.5) is 8.78 Å². The van der Waals surface area contributed by atoms with Gasteiger partial charge in [0, 0.05) is 0 Å². The van der Waals surface area contributed by atoms with Gasteiger partial charge in [0.05, 0.1) is 0 Å². The fourth-order valence-corrected chi connectivity index (χ4v) is 0.816. The van der Waals surface area contributed by atoms with E-state index in [4.69, 9.17) is 5.11 Å². The van der Waals surface area contributed by atoms with Crippen LogP contribution < -0.4 is 4.74 Å². The lowest BCUT2D eigenvalue weighted by Gasteiger charge is -2.10. The summed E-state index contributed by atoms with van der Waals surface area (Å²) in [5.74, 6) is -3.89. The first-order valence-electron chi connectivity index (χ1n) is 3.86. The van der Waals surface area contributed by atoms with Crippen LogP contribution >= 0.6 is 0 Å². The molecule has 0 saturated heterocycles. The lowest BCUT2D eigenvalue weighted by molar-refractivity contribution is -0.144. The topological polar surface area (TPSA) is 46.5 Å². The first-order valence-corrected chi connectivity index (χ1v) is 3.86. The molecule has 0 heterocycles. The highest BCUT2D eigenvalue weighted by atomic mass is 19.2. The van der Waals surface area contributed by atoms with E-state index in [0.717, 1.165) is 12.1 Å². The zero-order valence-corrected chi connectivity index (χ0v) is 7.33. The molecule has 76 valence electrons. The third kappa shape index (κ3) is 2.18. The Balaban J connectivity index is 2.87. The van der Waals surface area contributed by atoms with Crippen LogP contribution in [0.1, 0.15) is 6.92 Å². The second-order valence-electron chi connectivity index (χ2n) is 2.65. The van der Waals surface area contributed by atoms with Crippen LogP contribution in [0.25, 0.3) is 0 Å². The first kappa shape index (κ1) is 10.4. The van der Waals surface area contributed by atoms with Crippen LogP contribution in [0, 0.1) is 11.6 Å². The molecule has 0 aromatic heterocycles. The van der Waals surface area contributed by atoms with Crippen LogP contribution in [-0.2, 0) is 4.79 Å². The molecule has 0 spiro atoms. The van der Waals surface area contributed by atoms with Gasteiger partial charge in [-0.15, -0.1) is 0 Å². The number of halogens is 2. The van der Waals surface area contributed by atoms with Crippen LogP contribution in [0.15, 0.2) is 18.2 Å². The summed E-state index contributed by atoms with van der Waals surface area (Å²) in [5.41, 5.74) is 0. The average molecular weight is 202 g/mol. The third-order valence-corrected chi connectivity index (χ3v) is 1.57. The van der Waals surface area contributed by atoms with Crippen molar-refractivity contribution in [1.29, 1.82) is 0 Å². The van der Waals surface area contributed by atoms with E-state index in [1.54, 1.807) is 0 Å². The Hall–Kier alpha value is -1.65. The summed E-state index contributed by atoms with van der Waals surface area (Å²) in [5, 5.41) is 8.46. The predicted molar refractivity (Wildman–Crippen MR) is 44.1 cm³/mol. The van der Waals surface area contributed by atoms with Crippen molar-refractivity contribution in [3.8, 4) is 5.75 Å². The first-order chi connectivity index (χ1) is 6.52. The lowest BCUT2D eigenvalue weighted by atomic mass is 10.3. The summed E-state index contributed by atoms with van der Waals surface area (Å²) >= 11 is 0. The molecule has 0 amide bonds. The monoisotopic (exact) mass is 202 g/mol. The van der Waals surface area contributed by atoms with Crippen molar-refractivity contribution < 1.29 is 23.4 Å². The molecule has 5 heteroatoms. The molecule has 1 N–H and O–H groups in total. The Labute approximate surface area is 78.9 Å². The van der Waals surface area contributed by atoms with E-state index in [9.17, 15) is 13.6 Å². The largest absolute Gasteiger partial charge is 0.479 e. The van der Waals surface area contributed by atoms with Gasteiger partial charge in [-0.1, -0.05) is 6.07 Å². The van der Waals surface area contributed by atoms with Crippen LogP contribution in [0.2, 0.25) is 0 Å². The Morgan fingerprint density at radius 3 is 2.71 bits per heavy atom. The highest BCUT2D eigenvalue weighted by Gasteiger charge is 2.16. The number of carbonyl (C=O) groups is 1. The lowest BCUT2D eigenvalue weighted by Crippen LogP contribution is -2.23. The Kier molecular flexibility index (Phi) is 3.01. The maximum absolute atomic E-state index is 12.9. The molecular weight excluding hydrogens is 194 g/mol. The molecule has 1 rings (SSSR count). The van der Waals surface area contributed by atoms with E-state index in [-0.39, 0.29) is 0 Å². The van der Waals surface area contributed by atoms with Crippen molar-refractivity contribution in [2.45, 2.75) is 13.0 Å². The summed E-state index contributed by atoms with van der Waals surface area (Å²) in [7, 11) is 0. The third-order valence-electron chi connectivity index (χ3n) is 1.57. The maximum atomic E-state index is 12.9. The van der Waals surface area contributed by atoms with Crippen LogP contribution in [0.3, 0.4) is 0 Å². The van der Waals surface area contributed by atoms with Gasteiger partial charge in [-0.05, 0) is 19.1 Å². The van der Waals surface area contributed by atoms with Crippen molar-refractivity contribution in [3.63, 3.8) is 0 Å². The Morgan fingerprint density at radius 2 is 2.14 bits per heavy atom. The van der Waals surface area contributed by atoms with Crippen LogP contribution in [0.5, 0.6) is 5.75 Å². The zero-order chi connectivity index (χ0) is 10.7. The number of benzene rings is 1. The molecule has 1 atom stereocenters. The molecule has 0 aliphatic rings. The van der Waals surface area contributed by atoms with Crippen molar-refractivity contribution in [1.82, 2.24) is 0 Å². The van der Waals surface area contributed by atoms with Crippen molar-refractivity contribution in [2.24, 2.45) is 0 Å². The highest BCUT2D eigenvalue weighted by molar-refractivity contribution is 5.72. The number of hydrogen-bond donors (Lipinski definition) is 1. The SMILES string of the molecule is C[C@@H](Oc1cccc(F)c1F)C(=O)O. The van der Waals surface area contributed by atoms with Gasteiger partial charge in [0.2, 0.25) is 5.82 Å². The molecule has 0 aliphatic heterocycles. The number of ether oxygens (including phenoxy) is 1. The van der Waals surface area contributed by atoms with E-state index in [0.29, 0.717) is 0 Å². The van der Waals surface area contributed by atoms with Crippen molar-refractivity contribution >= 4 is 5.97 Å². The number of carboxylic acid groups (broad SMARTS) is 1. The molecule has 1 aromatic rings. The summed E-state index contributed by atoms with van der Waals surface area (Å²) < 4.78 is 30.2. The summed E-state index contributed by atoms with van der Waals surface area (Å²) in [6, 6.07) is 3.33. The number of carboxylic acids is 1. The highest BCUT2D eigenvalue weighted by Crippen LogP contribution is 2.20. The molecule has 14 heavy (non-hydrogen) atoms. The van der Waals surface area contributed by atoms with Gasteiger partial charge in [-0.2, -0.15) is 4.39 Å². The molecular formula is C9H8F2O3. The quantitative estimate of drug-likeness (QED) is 0.813. The van der Waals surface area contributed by atoms with E-state index in [1.807, 2.05) is 0 Å². The van der Waals surface area contributed by atoms with Crippen molar-refractivity contribution in [2.75, 3.05) is 0 Å². The molecule has 0 unspecified atom stereocenters. The minimum Gasteiger partial charge on any atom is -0.479 e. The van der Waals surface area contributed by atoms with Gasteiger partial charge in [0.15, 0.2) is 17.7 Å². The van der Waals surface area contributed by atoms with E-state index in [1.165, 1.54) is 13.0 Å². The maximum Gasteiger partial charge on any atom is 0.344 e.